The van der Waals surface area contributed by atoms with Gasteiger partial charge in [-0.3, -0.25) is 0 Å². The molecule has 0 heterocycles. The summed E-state index contributed by atoms with van der Waals surface area (Å²) < 4.78 is 45.1. The van der Waals surface area contributed by atoms with Crippen molar-refractivity contribution < 1.29 is 27.4 Å². The van der Waals surface area contributed by atoms with Gasteiger partial charge in [-0.25, -0.2) is 4.79 Å². The van der Waals surface area contributed by atoms with Crippen LogP contribution in [0.3, 0.4) is 0 Å². The molecule has 1 aromatic carbocycles. The van der Waals surface area contributed by atoms with Crippen LogP contribution in [0.2, 0.25) is 0 Å². The highest BCUT2D eigenvalue weighted by molar-refractivity contribution is 5.93. The lowest BCUT2D eigenvalue weighted by molar-refractivity contribution is -0.275. The van der Waals surface area contributed by atoms with Gasteiger partial charge in [0, 0.05) is 12.1 Å². The molecule has 0 saturated carbocycles. The number of benzene rings is 1. The fraction of sp³-hybridized carbons (Fsp3) is 0.273. The molecule has 0 bridgehead atoms. The molecule has 0 aliphatic carbocycles. The summed E-state index contributed by atoms with van der Waals surface area (Å²) in [6, 6.07) is 3.78. The Kier molecular flexibility index (Phi) is 4.34. The molecule has 1 aromatic rings. The first-order valence-electron chi connectivity index (χ1n) is 4.93. The smallest absolute Gasteiger partial charge is 0.465 e. The van der Waals surface area contributed by atoms with Crippen molar-refractivity contribution in [3.05, 3.63) is 28.8 Å². The zero-order chi connectivity index (χ0) is 14.6. The van der Waals surface area contributed by atoms with Crippen molar-refractivity contribution in [1.29, 1.82) is 5.26 Å². The minimum atomic E-state index is -4.99. The van der Waals surface area contributed by atoms with Crippen LogP contribution in [0.25, 0.3) is 0 Å². The van der Waals surface area contributed by atoms with Crippen LogP contribution in [0.1, 0.15) is 21.5 Å². The maximum absolute atomic E-state index is 12.3. The first kappa shape index (κ1) is 14.8. The van der Waals surface area contributed by atoms with E-state index in [9.17, 15) is 18.0 Å². The fourth-order valence-electron chi connectivity index (χ4n) is 1.40. The third-order valence-electron chi connectivity index (χ3n) is 2.14. The summed E-state index contributed by atoms with van der Waals surface area (Å²) in [7, 11) is 1.00. The Morgan fingerprint density at radius 1 is 1.47 bits per heavy atom. The Hall–Kier alpha value is -2.27. The predicted molar refractivity (Wildman–Crippen MR) is 57.1 cm³/mol. The topological polar surface area (TPSA) is 85.3 Å². The van der Waals surface area contributed by atoms with E-state index >= 15 is 0 Å². The summed E-state index contributed by atoms with van der Waals surface area (Å²) >= 11 is 0. The largest absolute Gasteiger partial charge is 0.573 e. The molecule has 102 valence electrons. The Morgan fingerprint density at radius 3 is 2.53 bits per heavy atom. The van der Waals surface area contributed by atoms with Crippen LogP contribution in [0.5, 0.6) is 5.75 Å². The number of esters is 1. The second-order valence-corrected chi connectivity index (χ2v) is 3.37. The van der Waals surface area contributed by atoms with Crippen LogP contribution in [-0.2, 0) is 11.3 Å². The lowest BCUT2D eigenvalue weighted by Gasteiger charge is -2.15. The van der Waals surface area contributed by atoms with Gasteiger partial charge in [-0.15, -0.1) is 13.2 Å². The molecule has 0 unspecified atom stereocenters. The summed E-state index contributed by atoms with van der Waals surface area (Å²) in [5.41, 5.74) is 4.66. The maximum atomic E-state index is 12.3. The standard InChI is InChI=1S/C11H9F3N2O3/c1-18-10(17)8-3-6(4-15)2-7(5-16)9(8)19-11(12,13)14/h2-3H,5,16H2,1H3. The molecule has 0 aliphatic rings. The van der Waals surface area contributed by atoms with Crippen molar-refractivity contribution in [1.82, 2.24) is 0 Å². The highest BCUT2D eigenvalue weighted by Crippen LogP contribution is 2.31. The zero-order valence-corrected chi connectivity index (χ0v) is 9.75. The lowest BCUT2D eigenvalue weighted by Crippen LogP contribution is -2.21. The highest BCUT2D eigenvalue weighted by atomic mass is 19.4. The van der Waals surface area contributed by atoms with Crippen molar-refractivity contribution in [2.24, 2.45) is 5.73 Å². The van der Waals surface area contributed by atoms with Gasteiger partial charge in [-0.05, 0) is 12.1 Å². The Labute approximate surface area is 106 Å². The molecule has 0 atom stereocenters. The summed E-state index contributed by atoms with van der Waals surface area (Å²) in [6.45, 7) is -0.328. The van der Waals surface area contributed by atoms with Crippen molar-refractivity contribution in [2.75, 3.05) is 7.11 Å². The fourth-order valence-corrected chi connectivity index (χ4v) is 1.40. The van der Waals surface area contributed by atoms with E-state index in [1.807, 2.05) is 0 Å². The second-order valence-electron chi connectivity index (χ2n) is 3.37. The molecule has 1 rings (SSSR count). The molecule has 0 saturated heterocycles. The second kappa shape index (κ2) is 5.58. The van der Waals surface area contributed by atoms with Gasteiger partial charge in [0.15, 0.2) is 0 Å². The van der Waals surface area contributed by atoms with Gasteiger partial charge in [-0.1, -0.05) is 0 Å². The number of halogens is 3. The molecule has 8 heteroatoms. The average Bonchev–Trinajstić information content (AvgIpc) is 2.36. The van der Waals surface area contributed by atoms with E-state index in [0.29, 0.717) is 0 Å². The third kappa shape index (κ3) is 3.59. The highest BCUT2D eigenvalue weighted by Gasteiger charge is 2.34. The van der Waals surface area contributed by atoms with Gasteiger partial charge in [0.25, 0.3) is 0 Å². The number of carbonyl (C=O) groups excluding carboxylic acids is 1. The first-order chi connectivity index (χ1) is 8.82. The first-order valence-corrected chi connectivity index (χ1v) is 4.93. The van der Waals surface area contributed by atoms with E-state index in [1.165, 1.54) is 0 Å². The zero-order valence-electron chi connectivity index (χ0n) is 9.75. The summed E-state index contributed by atoms with van der Waals surface area (Å²) in [4.78, 5) is 11.4. The van der Waals surface area contributed by atoms with Crippen LogP contribution < -0.4 is 10.5 Å². The predicted octanol–water partition coefficient (Wildman–Crippen LogP) is 1.70. The minimum absolute atomic E-state index is 0.0182. The van der Waals surface area contributed by atoms with Gasteiger partial charge < -0.3 is 15.2 Å². The van der Waals surface area contributed by atoms with E-state index in [2.05, 4.69) is 9.47 Å². The molecule has 0 spiro atoms. The molecule has 0 amide bonds. The number of alkyl halides is 3. The SMILES string of the molecule is COC(=O)c1cc(C#N)cc(CN)c1OC(F)(F)F. The molecular weight excluding hydrogens is 265 g/mol. The number of hydrogen-bond acceptors (Lipinski definition) is 5. The van der Waals surface area contributed by atoms with Crippen LogP contribution in [0, 0.1) is 11.3 Å². The average molecular weight is 274 g/mol. The number of nitrogens with zero attached hydrogens (tertiary/aromatic N) is 1. The van der Waals surface area contributed by atoms with E-state index in [-0.39, 0.29) is 17.7 Å². The third-order valence-corrected chi connectivity index (χ3v) is 2.14. The Bertz CT molecular complexity index is 535. The number of nitriles is 1. The van der Waals surface area contributed by atoms with Crippen molar-refractivity contribution in [2.45, 2.75) is 12.9 Å². The van der Waals surface area contributed by atoms with Gasteiger partial charge in [0.1, 0.15) is 11.3 Å². The van der Waals surface area contributed by atoms with Crippen LogP contribution in [0.4, 0.5) is 13.2 Å². The lowest BCUT2D eigenvalue weighted by atomic mass is 10.0. The summed E-state index contributed by atoms with van der Waals surface area (Å²) in [5, 5.41) is 8.75. The molecular formula is C11H9F3N2O3. The summed E-state index contributed by atoms with van der Waals surface area (Å²) in [6.07, 6.45) is -4.99. The van der Waals surface area contributed by atoms with Gasteiger partial charge in [0.2, 0.25) is 0 Å². The van der Waals surface area contributed by atoms with Crippen molar-refractivity contribution in [3.8, 4) is 11.8 Å². The number of methoxy groups -OCH3 is 1. The number of nitrogens with two attached hydrogens (primary N) is 1. The van der Waals surface area contributed by atoms with Crippen molar-refractivity contribution >= 4 is 5.97 Å². The molecule has 19 heavy (non-hydrogen) atoms. The molecule has 5 nitrogen and oxygen atoms in total. The number of carbonyl (C=O) groups is 1. The van der Waals surface area contributed by atoms with E-state index in [0.717, 1.165) is 19.2 Å². The number of ether oxygens (including phenoxy) is 2. The van der Waals surface area contributed by atoms with E-state index in [1.54, 1.807) is 6.07 Å². The number of rotatable bonds is 3. The van der Waals surface area contributed by atoms with E-state index < -0.39 is 23.6 Å². The molecule has 0 aromatic heterocycles. The number of hydrogen-bond donors (Lipinski definition) is 1. The minimum Gasteiger partial charge on any atom is -0.465 e. The van der Waals surface area contributed by atoms with Crippen LogP contribution >= 0.6 is 0 Å². The molecule has 2 N–H and O–H groups in total. The van der Waals surface area contributed by atoms with Gasteiger partial charge in [-0.2, -0.15) is 5.26 Å². The van der Waals surface area contributed by atoms with E-state index in [4.69, 9.17) is 11.0 Å². The molecule has 0 aliphatic heterocycles. The molecule has 0 radical (unpaired) electrons. The molecule has 0 fully saturated rings. The summed E-state index contributed by atoms with van der Waals surface area (Å²) in [5.74, 6) is -1.80. The van der Waals surface area contributed by atoms with Gasteiger partial charge >= 0.3 is 12.3 Å². The Morgan fingerprint density at radius 2 is 2.11 bits per heavy atom. The normalized spacial score (nSPS) is 10.7. The maximum Gasteiger partial charge on any atom is 0.573 e. The quantitative estimate of drug-likeness (QED) is 0.848. The Balaban J connectivity index is 3.47. The monoisotopic (exact) mass is 274 g/mol. The van der Waals surface area contributed by atoms with Gasteiger partial charge in [0.05, 0.1) is 18.7 Å². The van der Waals surface area contributed by atoms with Crippen LogP contribution in [-0.4, -0.2) is 19.4 Å². The van der Waals surface area contributed by atoms with Crippen LogP contribution in [0.15, 0.2) is 12.1 Å². The van der Waals surface area contributed by atoms with Crippen molar-refractivity contribution in [3.63, 3.8) is 0 Å².